The Morgan fingerprint density at radius 1 is 0.900 bits per heavy atom. The molecule has 3 aromatic rings. The summed E-state index contributed by atoms with van der Waals surface area (Å²) in [6.45, 7) is 3.05. The van der Waals surface area contributed by atoms with E-state index >= 15 is 0 Å². The van der Waals surface area contributed by atoms with Gasteiger partial charge in [-0.3, -0.25) is 14.4 Å². The average Bonchev–Trinajstić information content (AvgIpc) is 2.77. The lowest BCUT2D eigenvalue weighted by Crippen LogP contribution is -2.50. The minimum Gasteiger partial charge on any atom is -0.335 e. The Kier molecular flexibility index (Phi) is 5.11. The standard InChI is InChI=1S/C23H22FN3O3/c1-15-7-8-16(13-19(15)24)22(29)26-9-11-27(12-10-26)23(30)18-14-21(28)25(2)20-6-4-3-5-17(18)20/h3-8,13-14H,9-12H2,1-2H3. The fraction of sp³-hybridized carbons (Fsp3) is 0.261. The Balaban J connectivity index is 1.52. The van der Waals surface area contributed by atoms with Crippen LogP contribution in [0.3, 0.4) is 0 Å². The molecule has 2 aromatic carbocycles. The molecule has 6 nitrogen and oxygen atoms in total. The Morgan fingerprint density at radius 2 is 1.53 bits per heavy atom. The Hall–Kier alpha value is -3.48. The van der Waals surface area contributed by atoms with E-state index < -0.39 is 5.82 Å². The molecule has 1 fully saturated rings. The van der Waals surface area contributed by atoms with Crippen molar-refractivity contribution in [3.8, 4) is 0 Å². The van der Waals surface area contributed by atoms with E-state index in [0.29, 0.717) is 48.4 Å². The topological polar surface area (TPSA) is 62.6 Å². The van der Waals surface area contributed by atoms with Crippen molar-refractivity contribution in [1.82, 2.24) is 14.4 Å². The molecule has 0 aliphatic carbocycles. The van der Waals surface area contributed by atoms with Crippen LogP contribution in [0.15, 0.2) is 53.3 Å². The first-order valence-electron chi connectivity index (χ1n) is 9.80. The molecule has 0 atom stereocenters. The zero-order valence-electron chi connectivity index (χ0n) is 16.9. The van der Waals surface area contributed by atoms with E-state index in [-0.39, 0.29) is 17.4 Å². The van der Waals surface area contributed by atoms with Gasteiger partial charge in [-0.1, -0.05) is 24.3 Å². The highest BCUT2D eigenvalue weighted by atomic mass is 19.1. The third kappa shape index (κ3) is 3.47. The number of fused-ring (bicyclic) bond motifs is 1. The van der Waals surface area contributed by atoms with Crippen LogP contribution in [0.25, 0.3) is 10.9 Å². The number of pyridine rings is 1. The van der Waals surface area contributed by atoms with Crippen molar-refractivity contribution in [2.45, 2.75) is 6.92 Å². The number of nitrogens with zero attached hydrogens (tertiary/aromatic N) is 3. The molecule has 1 aliphatic heterocycles. The minimum absolute atomic E-state index is 0.225. The van der Waals surface area contributed by atoms with Gasteiger partial charge in [0.2, 0.25) is 0 Å². The molecule has 154 valence electrons. The molecule has 2 amide bonds. The third-order valence-electron chi connectivity index (χ3n) is 5.66. The van der Waals surface area contributed by atoms with Gasteiger partial charge in [-0.05, 0) is 30.7 Å². The van der Waals surface area contributed by atoms with E-state index in [0.717, 1.165) is 5.39 Å². The quantitative estimate of drug-likeness (QED) is 0.656. The van der Waals surface area contributed by atoms with Crippen LogP contribution < -0.4 is 5.56 Å². The molecule has 0 unspecified atom stereocenters. The van der Waals surface area contributed by atoms with Crippen LogP contribution in [0.2, 0.25) is 0 Å². The molecular formula is C23H22FN3O3. The molecule has 1 aromatic heterocycles. The van der Waals surface area contributed by atoms with E-state index in [9.17, 15) is 18.8 Å². The second-order valence-electron chi connectivity index (χ2n) is 7.52. The molecule has 2 heterocycles. The number of para-hydroxylation sites is 1. The fourth-order valence-electron chi connectivity index (χ4n) is 3.78. The largest absolute Gasteiger partial charge is 0.335 e. The summed E-state index contributed by atoms with van der Waals surface area (Å²) in [5, 5.41) is 0.721. The van der Waals surface area contributed by atoms with Crippen LogP contribution in [0.4, 0.5) is 4.39 Å². The minimum atomic E-state index is -0.410. The van der Waals surface area contributed by atoms with Gasteiger partial charge in [0.15, 0.2) is 0 Å². The molecule has 7 heteroatoms. The predicted octanol–water partition coefficient (Wildman–Crippen LogP) is 2.58. The zero-order valence-corrected chi connectivity index (χ0v) is 16.9. The number of carbonyl (C=O) groups is 2. The average molecular weight is 407 g/mol. The van der Waals surface area contributed by atoms with Gasteiger partial charge in [-0.25, -0.2) is 4.39 Å². The van der Waals surface area contributed by atoms with Crippen molar-refractivity contribution in [3.63, 3.8) is 0 Å². The summed E-state index contributed by atoms with van der Waals surface area (Å²) >= 11 is 0. The first-order chi connectivity index (χ1) is 14.4. The molecule has 30 heavy (non-hydrogen) atoms. The fourth-order valence-corrected chi connectivity index (χ4v) is 3.78. The number of aryl methyl sites for hydroxylation is 2. The number of aromatic nitrogens is 1. The maximum Gasteiger partial charge on any atom is 0.254 e. The normalized spacial score (nSPS) is 14.2. The number of carbonyl (C=O) groups excluding carboxylic acids is 2. The SMILES string of the molecule is Cc1ccc(C(=O)N2CCN(C(=O)c3cc(=O)n(C)c4ccccc34)CC2)cc1F. The van der Waals surface area contributed by atoms with Gasteiger partial charge in [-0.15, -0.1) is 0 Å². The summed E-state index contributed by atoms with van der Waals surface area (Å²) in [7, 11) is 1.68. The van der Waals surface area contributed by atoms with Crippen molar-refractivity contribution in [2.75, 3.05) is 26.2 Å². The molecule has 1 saturated heterocycles. The molecule has 4 rings (SSSR count). The van der Waals surface area contributed by atoms with Crippen LogP contribution in [-0.4, -0.2) is 52.4 Å². The van der Waals surface area contributed by atoms with Gasteiger partial charge in [0.25, 0.3) is 17.4 Å². The molecule has 0 radical (unpaired) electrons. The number of amides is 2. The monoisotopic (exact) mass is 407 g/mol. The lowest BCUT2D eigenvalue weighted by molar-refractivity contribution is 0.0536. The van der Waals surface area contributed by atoms with Crippen molar-refractivity contribution >= 4 is 22.7 Å². The number of benzene rings is 2. The highest BCUT2D eigenvalue weighted by Crippen LogP contribution is 2.19. The predicted molar refractivity (Wildman–Crippen MR) is 112 cm³/mol. The summed E-state index contributed by atoms with van der Waals surface area (Å²) in [5.74, 6) is -0.885. The van der Waals surface area contributed by atoms with Gasteiger partial charge in [0, 0.05) is 50.2 Å². The molecule has 0 spiro atoms. The van der Waals surface area contributed by atoms with E-state index in [1.807, 2.05) is 24.3 Å². The Morgan fingerprint density at radius 3 is 2.20 bits per heavy atom. The molecule has 1 aliphatic rings. The van der Waals surface area contributed by atoms with Crippen LogP contribution in [0, 0.1) is 12.7 Å². The first-order valence-corrected chi connectivity index (χ1v) is 9.80. The van der Waals surface area contributed by atoms with Gasteiger partial charge < -0.3 is 14.4 Å². The first kappa shape index (κ1) is 19.8. The Bertz CT molecular complexity index is 1210. The van der Waals surface area contributed by atoms with Crippen LogP contribution in [-0.2, 0) is 7.05 Å². The van der Waals surface area contributed by atoms with E-state index in [1.165, 1.54) is 16.7 Å². The summed E-state index contributed by atoms with van der Waals surface area (Å²) in [4.78, 5) is 41.4. The van der Waals surface area contributed by atoms with Gasteiger partial charge >= 0.3 is 0 Å². The van der Waals surface area contributed by atoms with Gasteiger partial charge in [0.1, 0.15) is 5.82 Å². The van der Waals surface area contributed by atoms with E-state index in [2.05, 4.69) is 0 Å². The van der Waals surface area contributed by atoms with Crippen molar-refractivity contribution in [2.24, 2.45) is 7.05 Å². The maximum atomic E-state index is 13.8. The van der Waals surface area contributed by atoms with Gasteiger partial charge in [0.05, 0.1) is 11.1 Å². The lowest BCUT2D eigenvalue weighted by Gasteiger charge is -2.35. The highest BCUT2D eigenvalue weighted by molar-refractivity contribution is 6.06. The second-order valence-corrected chi connectivity index (χ2v) is 7.52. The van der Waals surface area contributed by atoms with E-state index in [4.69, 9.17) is 0 Å². The number of piperazine rings is 1. The maximum absolute atomic E-state index is 13.8. The highest BCUT2D eigenvalue weighted by Gasteiger charge is 2.27. The number of hydrogen-bond donors (Lipinski definition) is 0. The van der Waals surface area contributed by atoms with Crippen LogP contribution >= 0.6 is 0 Å². The summed E-state index contributed by atoms with van der Waals surface area (Å²) in [6.07, 6.45) is 0. The number of hydrogen-bond acceptors (Lipinski definition) is 3. The lowest BCUT2D eigenvalue weighted by atomic mass is 10.1. The smallest absolute Gasteiger partial charge is 0.254 e. The molecule has 0 saturated carbocycles. The van der Waals surface area contributed by atoms with Gasteiger partial charge in [-0.2, -0.15) is 0 Å². The number of rotatable bonds is 2. The summed E-state index contributed by atoms with van der Waals surface area (Å²) < 4.78 is 15.3. The third-order valence-corrected chi connectivity index (χ3v) is 5.66. The van der Waals surface area contributed by atoms with Crippen molar-refractivity contribution in [3.05, 3.63) is 81.4 Å². The summed E-state index contributed by atoms with van der Waals surface area (Å²) in [5.41, 5.74) is 1.61. The molecular weight excluding hydrogens is 385 g/mol. The van der Waals surface area contributed by atoms with Crippen LogP contribution in [0.1, 0.15) is 26.3 Å². The molecule has 0 bridgehead atoms. The second kappa shape index (κ2) is 7.74. The number of halogens is 1. The van der Waals surface area contributed by atoms with Crippen LogP contribution in [0.5, 0.6) is 0 Å². The van der Waals surface area contributed by atoms with Crippen molar-refractivity contribution in [1.29, 1.82) is 0 Å². The zero-order chi connectivity index (χ0) is 21.4. The van der Waals surface area contributed by atoms with E-state index in [1.54, 1.807) is 35.9 Å². The Labute approximate surface area is 173 Å². The van der Waals surface area contributed by atoms with Crippen molar-refractivity contribution < 1.29 is 14.0 Å². The summed E-state index contributed by atoms with van der Waals surface area (Å²) in [6, 6.07) is 13.1. The molecule has 0 N–H and O–H groups in total.